The van der Waals surface area contributed by atoms with Crippen molar-refractivity contribution in [2.45, 2.75) is 25.0 Å². The number of aromatic amines is 2. The lowest BCUT2D eigenvalue weighted by atomic mass is 10.0. The minimum Gasteiger partial charge on any atom is -0.360 e. The minimum absolute atomic E-state index is 0.193. The van der Waals surface area contributed by atoms with Crippen molar-refractivity contribution in [1.29, 1.82) is 0 Å². The molecule has 40 heavy (non-hydrogen) atoms. The molecule has 0 radical (unpaired) electrons. The molecule has 0 aliphatic heterocycles. The van der Waals surface area contributed by atoms with Crippen molar-refractivity contribution < 1.29 is 9.59 Å². The average Bonchev–Trinajstić information content (AvgIpc) is 3.66. The van der Waals surface area contributed by atoms with Gasteiger partial charge in [-0.15, -0.1) is 0 Å². The monoisotopic (exact) mass is 552 g/mol. The van der Waals surface area contributed by atoms with E-state index in [4.69, 9.17) is 11.6 Å². The van der Waals surface area contributed by atoms with Gasteiger partial charge in [-0.05, 0) is 55.9 Å². The van der Waals surface area contributed by atoms with Crippen LogP contribution < -0.4 is 10.6 Å². The van der Waals surface area contributed by atoms with Gasteiger partial charge in [-0.3, -0.25) is 9.59 Å². The smallest absolute Gasteiger partial charge is 0.251 e. The fourth-order valence-corrected chi connectivity index (χ4v) is 5.62. The molecule has 1 aliphatic carbocycles. The van der Waals surface area contributed by atoms with Crippen molar-refractivity contribution in [3.8, 4) is 11.3 Å². The number of imidazole rings is 1. The van der Waals surface area contributed by atoms with E-state index in [-0.39, 0.29) is 23.9 Å². The highest BCUT2D eigenvalue weighted by molar-refractivity contribution is 6.35. The van der Waals surface area contributed by atoms with E-state index >= 15 is 0 Å². The molecule has 1 aliphatic rings. The Morgan fingerprint density at radius 2 is 1.73 bits per heavy atom. The Hall–Kier alpha value is -4.40. The summed E-state index contributed by atoms with van der Waals surface area (Å²) in [6.45, 7) is 0.736. The van der Waals surface area contributed by atoms with E-state index in [0.717, 1.165) is 45.5 Å². The number of nitrogens with one attached hydrogen (secondary N) is 4. The number of carbonyl (C=O) groups excluding carboxylic acids is 2. The van der Waals surface area contributed by atoms with E-state index < -0.39 is 0 Å². The van der Waals surface area contributed by atoms with Crippen LogP contribution in [0.15, 0.2) is 79.3 Å². The van der Waals surface area contributed by atoms with Gasteiger partial charge in [-0.2, -0.15) is 0 Å². The summed E-state index contributed by atoms with van der Waals surface area (Å²) < 4.78 is 0. The molecule has 2 heterocycles. The van der Waals surface area contributed by atoms with Gasteiger partial charge in [-0.1, -0.05) is 54.1 Å². The highest BCUT2D eigenvalue weighted by Crippen LogP contribution is 2.32. The van der Waals surface area contributed by atoms with E-state index in [1.54, 1.807) is 24.7 Å². The SMILES string of the molecule is CN(C)Cc1[nH]cnc1-c1ccc(C(=O)N[C@H]2Cc3ccccc3[C@H]2NC(=O)c2ccc3c(Cl)c[nH]c3c2)cc1. The second-order valence-electron chi connectivity index (χ2n) is 10.4. The van der Waals surface area contributed by atoms with Gasteiger partial charge in [0.05, 0.1) is 34.8 Å². The Balaban J connectivity index is 1.20. The molecule has 202 valence electrons. The molecule has 0 saturated carbocycles. The van der Waals surface area contributed by atoms with Crippen molar-refractivity contribution in [2.24, 2.45) is 0 Å². The maximum absolute atomic E-state index is 13.3. The van der Waals surface area contributed by atoms with Crippen LogP contribution in [0.2, 0.25) is 5.02 Å². The van der Waals surface area contributed by atoms with Crippen LogP contribution in [0.25, 0.3) is 22.2 Å². The molecular weight excluding hydrogens is 524 g/mol. The molecule has 2 amide bonds. The molecule has 0 fully saturated rings. The standard InChI is InChI=1S/C31H29ClN6O2/c1-38(2)16-27-28(35-17-34-27)18-7-9-19(10-8-18)30(39)36-26-13-20-5-3-4-6-22(20)29(26)37-31(40)21-11-12-23-24(32)15-33-25(23)14-21/h3-12,14-15,17,26,29,33H,13,16H2,1-2H3,(H,34,35)(H,36,39)(H,37,40)/t26-,29+/m0/s1. The van der Waals surface area contributed by atoms with Gasteiger partial charge < -0.3 is 25.5 Å². The third-order valence-corrected chi connectivity index (χ3v) is 7.65. The molecule has 9 heteroatoms. The number of hydrogen-bond acceptors (Lipinski definition) is 4. The molecule has 0 saturated heterocycles. The van der Waals surface area contributed by atoms with Crippen molar-refractivity contribution in [3.05, 3.63) is 112 Å². The zero-order valence-electron chi connectivity index (χ0n) is 22.2. The van der Waals surface area contributed by atoms with E-state index in [1.807, 2.05) is 68.7 Å². The van der Waals surface area contributed by atoms with Crippen molar-refractivity contribution in [3.63, 3.8) is 0 Å². The van der Waals surface area contributed by atoms with Gasteiger partial charge in [-0.25, -0.2) is 4.98 Å². The average molecular weight is 553 g/mol. The maximum atomic E-state index is 13.3. The van der Waals surface area contributed by atoms with Crippen LogP contribution in [-0.4, -0.2) is 51.8 Å². The fourth-order valence-electron chi connectivity index (χ4n) is 5.40. The summed E-state index contributed by atoms with van der Waals surface area (Å²) >= 11 is 6.20. The summed E-state index contributed by atoms with van der Waals surface area (Å²) in [6.07, 6.45) is 4.01. The highest BCUT2D eigenvalue weighted by atomic mass is 35.5. The zero-order chi connectivity index (χ0) is 27.8. The predicted molar refractivity (Wildman–Crippen MR) is 156 cm³/mol. The molecule has 0 spiro atoms. The first kappa shape index (κ1) is 25.9. The van der Waals surface area contributed by atoms with Gasteiger partial charge in [0.2, 0.25) is 0 Å². The Bertz CT molecular complexity index is 1700. The zero-order valence-corrected chi connectivity index (χ0v) is 22.9. The fraction of sp³-hybridized carbons (Fsp3) is 0.194. The molecule has 8 nitrogen and oxygen atoms in total. The number of carbonyl (C=O) groups is 2. The number of aromatic nitrogens is 3. The minimum atomic E-state index is -0.368. The van der Waals surface area contributed by atoms with Gasteiger partial charge >= 0.3 is 0 Å². The Labute approximate surface area is 236 Å². The van der Waals surface area contributed by atoms with Crippen LogP contribution in [0.1, 0.15) is 43.6 Å². The second kappa shape index (κ2) is 10.6. The third kappa shape index (κ3) is 4.99. The Morgan fingerprint density at radius 1 is 0.975 bits per heavy atom. The van der Waals surface area contributed by atoms with E-state index in [1.165, 1.54) is 0 Å². The summed E-state index contributed by atoms with van der Waals surface area (Å²) in [7, 11) is 4.01. The molecule has 2 atom stereocenters. The Morgan fingerprint density at radius 3 is 2.52 bits per heavy atom. The van der Waals surface area contributed by atoms with Crippen LogP contribution in [0, 0.1) is 0 Å². The van der Waals surface area contributed by atoms with Crippen molar-refractivity contribution in [2.75, 3.05) is 14.1 Å². The predicted octanol–water partition coefficient (Wildman–Crippen LogP) is 5.10. The summed E-state index contributed by atoms with van der Waals surface area (Å²) in [4.78, 5) is 39.5. The lowest BCUT2D eigenvalue weighted by Gasteiger charge is -2.23. The molecule has 0 bridgehead atoms. The van der Waals surface area contributed by atoms with E-state index in [9.17, 15) is 9.59 Å². The van der Waals surface area contributed by atoms with Crippen molar-refractivity contribution in [1.82, 2.24) is 30.5 Å². The summed E-state index contributed by atoms with van der Waals surface area (Å²) in [5.74, 6) is -0.410. The van der Waals surface area contributed by atoms with Crippen LogP contribution >= 0.6 is 11.6 Å². The summed E-state index contributed by atoms with van der Waals surface area (Å²) in [5.41, 5.74) is 6.79. The molecule has 3 aromatic carbocycles. The van der Waals surface area contributed by atoms with Gasteiger partial charge in [0.25, 0.3) is 11.8 Å². The van der Waals surface area contributed by atoms with Gasteiger partial charge in [0.15, 0.2) is 0 Å². The maximum Gasteiger partial charge on any atom is 0.251 e. The van der Waals surface area contributed by atoms with Gasteiger partial charge in [0, 0.05) is 40.3 Å². The number of rotatable bonds is 7. The Kier molecular flexibility index (Phi) is 6.88. The normalized spacial score (nSPS) is 16.3. The summed E-state index contributed by atoms with van der Waals surface area (Å²) in [6, 6.07) is 20.1. The van der Waals surface area contributed by atoms with Crippen LogP contribution in [0.3, 0.4) is 0 Å². The molecular formula is C31H29ClN6O2. The molecule has 0 unspecified atom stereocenters. The van der Waals surface area contributed by atoms with Gasteiger partial charge in [0.1, 0.15) is 0 Å². The number of benzene rings is 3. The van der Waals surface area contributed by atoms with Crippen LogP contribution in [0.4, 0.5) is 0 Å². The number of amides is 2. The second-order valence-corrected chi connectivity index (χ2v) is 10.8. The molecule has 4 N–H and O–H groups in total. The molecule has 5 aromatic rings. The largest absolute Gasteiger partial charge is 0.360 e. The lowest BCUT2D eigenvalue weighted by Crippen LogP contribution is -2.44. The van der Waals surface area contributed by atoms with Crippen LogP contribution in [-0.2, 0) is 13.0 Å². The first-order valence-corrected chi connectivity index (χ1v) is 13.5. The molecule has 6 rings (SSSR count). The lowest BCUT2D eigenvalue weighted by molar-refractivity contribution is 0.0888. The number of fused-ring (bicyclic) bond motifs is 2. The number of H-pyrrole nitrogens is 2. The van der Waals surface area contributed by atoms with E-state index in [0.29, 0.717) is 22.6 Å². The van der Waals surface area contributed by atoms with Crippen LogP contribution in [0.5, 0.6) is 0 Å². The topological polar surface area (TPSA) is 106 Å². The first-order valence-electron chi connectivity index (χ1n) is 13.1. The van der Waals surface area contributed by atoms with Crippen molar-refractivity contribution >= 4 is 34.3 Å². The van der Waals surface area contributed by atoms with E-state index in [2.05, 4.69) is 30.5 Å². The highest BCUT2D eigenvalue weighted by Gasteiger charge is 2.35. The first-order chi connectivity index (χ1) is 19.4. The quantitative estimate of drug-likeness (QED) is 0.225. The molecule has 2 aromatic heterocycles. The number of halogens is 1. The summed E-state index contributed by atoms with van der Waals surface area (Å²) in [5, 5.41) is 7.81. The third-order valence-electron chi connectivity index (χ3n) is 7.34. The number of hydrogen-bond donors (Lipinski definition) is 4. The number of nitrogens with zero attached hydrogens (tertiary/aromatic N) is 2.